The quantitative estimate of drug-likeness (QED) is 0.903. The second-order valence-corrected chi connectivity index (χ2v) is 5.20. The van der Waals surface area contributed by atoms with E-state index >= 15 is 0 Å². The van der Waals surface area contributed by atoms with Crippen molar-refractivity contribution in [3.63, 3.8) is 0 Å². The fourth-order valence-electron chi connectivity index (χ4n) is 2.53. The molecule has 0 aliphatic heterocycles. The van der Waals surface area contributed by atoms with E-state index in [2.05, 4.69) is 6.07 Å². The normalized spacial score (nSPS) is 12.3. The predicted molar refractivity (Wildman–Crippen MR) is 81.0 cm³/mol. The molecule has 3 heteroatoms. The highest BCUT2D eigenvalue weighted by atomic mass is 19.1. The van der Waals surface area contributed by atoms with Crippen LogP contribution in [0.25, 0.3) is 0 Å². The third-order valence-electron chi connectivity index (χ3n) is 3.52. The lowest BCUT2D eigenvalue weighted by Crippen LogP contribution is -2.16. The first-order chi connectivity index (χ1) is 9.41. The molecule has 1 atom stereocenters. The summed E-state index contributed by atoms with van der Waals surface area (Å²) in [7, 11) is 1.82. The van der Waals surface area contributed by atoms with E-state index in [1.165, 1.54) is 11.6 Å². The van der Waals surface area contributed by atoms with Gasteiger partial charge in [0, 0.05) is 18.3 Å². The fraction of sp³-hybridized carbons (Fsp3) is 0.294. The summed E-state index contributed by atoms with van der Waals surface area (Å²) >= 11 is 0. The van der Waals surface area contributed by atoms with Gasteiger partial charge in [-0.05, 0) is 38.5 Å². The molecule has 0 heterocycles. The molecule has 20 heavy (non-hydrogen) atoms. The summed E-state index contributed by atoms with van der Waals surface area (Å²) in [6, 6.07) is 10.8. The lowest BCUT2D eigenvalue weighted by molar-refractivity contribution is 0.199. The first kappa shape index (κ1) is 14.5. The van der Waals surface area contributed by atoms with Crippen molar-refractivity contribution in [2.75, 3.05) is 11.9 Å². The van der Waals surface area contributed by atoms with Gasteiger partial charge < -0.3 is 10.0 Å². The van der Waals surface area contributed by atoms with Crippen LogP contribution >= 0.6 is 0 Å². The molecule has 1 unspecified atom stereocenters. The molecule has 1 N–H and O–H groups in total. The number of hydrogen-bond acceptors (Lipinski definition) is 2. The Morgan fingerprint density at radius 1 is 1.15 bits per heavy atom. The Bertz CT molecular complexity index is 622. The van der Waals surface area contributed by atoms with Crippen LogP contribution in [0.5, 0.6) is 0 Å². The van der Waals surface area contributed by atoms with Crippen LogP contribution in [0.2, 0.25) is 0 Å². The summed E-state index contributed by atoms with van der Waals surface area (Å²) in [5.74, 6) is -0.328. The van der Waals surface area contributed by atoms with Crippen LogP contribution in [0, 0.1) is 19.7 Å². The minimum absolute atomic E-state index is 0.328. The zero-order valence-corrected chi connectivity index (χ0v) is 12.3. The van der Waals surface area contributed by atoms with Crippen LogP contribution in [0.3, 0.4) is 0 Å². The van der Waals surface area contributed by atoms with Gasteiger partial charge in [0.1, 0.15) is 5.82 Å². The van der Waals surface area contributed by atoms with Crippen molar-refractivity contribution < 1.29 is 9.50 Å². The van der Waals surface area contributed by atoms with E-state index in [0.29, 0.717) is 11.3 Å². The molecular formula is C17H20FNO. The summed E-state index contributed by atoms with van der Waals surface area (Å²) in [6.45, 7) is 5.68. The largest absolute Gasteiger partial charge is 0.389 e. The lowest BCUT2D eigenvalue weighted by Gasteiger charge is -2.26. The number of aliphatic hydroxyl groups is 1. The molecule has 0 amide bonds. The highest BCUT2D eigenvalue weighted by molar-refractivity contribution is 5.69. The van der Waals surface area contributed by atoms with Gasteiger partial charge in [-0.2, -0.15) is 0 Å². The molecule has 2 aromatic carbocycles. The van der Waals surface area contributed by atoms with Crippen molar-refractivity contribution in [3.05, 3.63) is 58.9 Å². The SMILES string of the molecule is Cc1ccc(N(C)c2c(F)cccc2C(C)O)c(C)c1. The van der Waals surface area contributed by atoms with E-state index in [4.69, 9.17) is 0 Å². The maximum absolute atomic E-state index is 14.2. The monoisotopic (exact) mass is 273 g/mol. The zero-order chi connectivity index (χ0) is 14.9. The molecule has 106 valence electrons. The molecule has 0 radical (unpaired) electrons. The Kier molecular flexibility index (Phi) is 4.09. The molecule has 0 fully saturated rings. The number of nitrogens with zero attached hydrogens (tertiary/aromatic N) is 1. The van der Waals surface area contributed by atoms with Crippen LogP contribution in [0.1, 0.15) is 29.7 Å². The third-order valence-corrected chi connectivity index (χ3v) is 3.52. The van der Waals surface area contributed by atoms with Crippen molar-refractivity contribution in [1.29, 1.82) is 0 Å². The number of rotatable bonds is 3. The van der Waals surface area contributed by atoms with Gasteiger partial charge in [0.2, 0.25) is 0 Å². The molecule has 0 saturated heterocycles. The fourth-order valence-corrected chi connectivity index (χ4v) is 2.53. The van der Waals surface area contributed by atoms with E-state index in [1.807, 2.05) is 33.0 Å². The number of anilines is 2. The second-order valence-electron chi connectivity index (χ2n) is 5.20. The van der Waals surface area contributed by atoms with Crippen LogP contribution in [-0.4, -0.2) is 12.2 Å². The van der Waals surface area contributed by atoms with Gasteiger partial charge in [-0.15, -0.1) is 0 Å². The van der Waals surface area contributed by atoms with Crippen LogP contribution in [-0.2, 0) is 0 Å². The van der Waals surface area contributed by atoms with Gasteiger partial charge in [-0.25, -0.2) is 4.39 Å². The Morgan fingerprint density at radius 3 is 2.45 bits per heavy atom. The van der Waals surface area contributed by atoms with E-state index in [0.717, 1.165) is 11.3 Å². The molecule has 0 aromatic heterocycles. The first-order valence-corrected chi connectivity index (χ1v) is 6.69. The highest BCUT2D eigenvalue weighted by Crippen LogP contribution is 2.34. The lowest BCUT2D eigenvalue weighted by atomic mass is 10.0. The Balaban J connectivity index is 2.56. The molecule has 2 aromatic rings. The smallest absolute Gasteiger partial charge is 0.147 e. The van der Waals surface area contributed by atoms with Gasteiger partial charge in [0.05, 0.1) is 11.8 Å². The number of benzene rings is 2. The summed E-state index contributed by atoms with van der Waals surface area (Å²) in [5.41, 5.74) is 4.20. The molecule has 2 rings (SSSR count). The molecule has 0 saturated carbocycles. The molecule has 0 aliphatic rings. The molecular weight excluding hydrogens is 253 g/mol. The van der Waals surface area contributed by atoms with E-state index in [1.54, 1.807) is 24.0 Å². The summed E-state index contributed by atoms with van der Waals surface area (Å²) in [6.07, 6.45) is -0.714. The van der Waals surface area contributed by atoms with E-state index in [-0.39, 0.29) is 5.82 Å². The number of aliphatic hydroxyl groups excluding tert-OH is 1. The summed E-state index contributed by atoms with van der Waals surface area (Å²) in [5, 5.41) is 9.84. The van der Waals surface area contributed by atoms with Crippen LogP contribution < -0.4 is 4.90 Å². The third kappa shape index (κ3) is 2.68. The van der Waals surface area contributed by atoms with Crippen molar-refractivity contribution >= 4 is 11.4 Å². The van der Waals surface area contributed by atoms with Crippen LogP contribution in [0.4, 0.5) is 15.8 Å². The molecule has 0 aliphatic carbocycles. The summed E-state index contributed by atoms with van der Waals surface area (Å²) in [4.78, 5) is 1.80. The molecule has 2 nitrogen and oxygen atoms in total. The topological polar surface area (TPSA) is 23.5 Å². The Labute approximate surface area is 119 Å². The minimum Gasteiger partial charge on any atom is -0.389 e. The maximum Gasteiger partial charge on any atom is 0.147 e. The molecule has 0 spiro atoms. The van der Waals surface area contributed by atoms with Gasteiger partial charge in [0.15, 0.2) is 0 Å². The van der Waals surface area contributed by atoms with Gasteiger partial charge >= 0.3 is 0 Å². The Hall–Kier alpha value is -1.87. The molecule has 0 bridgehead atoms. The van der Waals surface area contributed by atoms with Crippen LogP contribution in [0.15, 0.2) is 36.4 Å². The minimum atomic E-state index is -0.714. The number of para-hydroxylation sites is 1. The summed E-state index contributed by atoms with van der Waals surface area (Å²) < 4.78 is 14.2. The van der Waals surface area contributed by atoms with Gasteiger partial charge in [-0.1, -0.05) is 29.8 Å². The average Bonchev–Trinajstić information content (AvgIpc) is 2.37. The van der Waals surface area contributed by atoms with E-state index < -0.39 is 6.10 Å². The second kappa shape index (κ2) is 5.63. The number of halogens is 1. The zero-order valence-electron chi connectivity index (χ0n) is 12.3. The maximum atomic E-state index is 14.2. The predicted octanol–water partition coefficient (Wildman–Crippen LogP) is 4.26. The van der Waals surface area contributed by atoms with E-state index in [9.17, 15) is 9.50 Å². The van der Waals surface area contributed by atoms with Crippen molar-refractivity contribution in [3.8, 4) is 0 Å². The number of aryl methyl sites for hydroxylation is 2. The van der Waals surface area contributed by atoms with Crippen molar-refractivity contribution in [2.45, 2.75) is 26.9 Å². The Morgan fingerprint density at radius 2 is 1.85 bits per heavy atom. The average molecular weight is 273 g/mol. The van der Waals surface area contributed by atoms with Gasteiger partial charge in [-0.3, -0.25) is 0 Å². The van der Waals surface area contributed by atoms with Crippen molar-refractivity contribution in [2.24, 2.45) is 0 Å². The van der Waals surface area contributed by atoms with Crippen molar-refractivity contribution in [1.82, 2.24) is 0 Å². The first-order valence-electron chi connectivity index (χ1n) is 6.69. The standard InChI is InChI=1S/C17H20FNO/c1-11-8-9-16(12(2)10-11)19(4)17-14(13(3)20)6-5-7-15(17)18/h5-10,13,20H,1-4H3. The van der Waals surface area contributed by atoms with Gasteiger partial charge in [0.25, 0.3) is 0 Å². The number of hydrogen-bond donors (Lipinski definition) is 1. The highest BCUT2D eigenvalue weighted by Gasteiger charge is 2.18.